The molecule has 4 heterocycles. The van der Waals surface area contributed by atoms with Gasteiger partial charge >= 0.3 is 0 Å². The average Bonchev–Trinajstić information content (AvgIpc) is 3.92. The third-order valence-electron chi connectivity index (χ3n) is 8.95. The van der Waals surface area contributed by atoms with Crippen LogP contribution in [0.25, 0.3) is 16.6 Å². The minimum atomic E-state index is 0.191. The van der Waals surface area contributed by atoms with E-state index in [2.05, 4.69) is 64.6 Å². The number of rotatable bonds is 8. The summed E-state index contributed by atoms with van der Waals surface area (Å²) >= 11 is 6.25. The number of amides is 1. The van der Waals surface area contributed by atoms with E-state index in [9.17, 15) is 4.79 Å². The molecule has 42 heavy (non-hydrogen) atoms. The molecule has 2 saturated carbocycles. The molecule has 1 amide bonds. The van der Waals surface area contributed by atoms with Gasteiger partial charge in [0.2, 0.25) is 5.91 Å². The Morgan fingerprint density at radius 1 is 1.02 bits per heavy atom. The van der Waals surface area contributed by atoms with Gasteiger partial charge < -0.3 is 19.4 Å². The summed E-state index contributed by atoms with van der Waals surface area (Å²) in [6.07, 6.45) is 9.27. The van der Waals surface area contributed by atoms with Gasteiger partial charge in [-0.3, -0.25) is 9.78 Å². The fourth-order valence-corrected chi connectivity index (χ4v) is 6.68. The Kier molecular flexibility index (Phi) is 6.11. The second-order valence-corrected chi connectivity index (χ2v) is 12.3. The Hall–Kier alpha value is -4.10. The lowest BCUT2D eigenvalue weighted by molar-refractivity contribution is -0.117. The Bertz CT molecular complexity index is 1860. The molecule has 5 aromatic rings. The van der Waals surface area contributed by atoms with Crippen LogP contribution in [0.5, 0.6) is 5.75 Å². The standard InChI is InChI=1S/C34H32ClN5O2/c1-42-32-16-30(28-15-27(28)21-4-2-5-23(35)12-21)38-29-14-24(9-10-26(29)32)36-17-25-19-39-18-22(20-7-8-20)13-31(34(39)37-25)40-11-3-6-33(40)41/h2,4-5,9-10,12-14,16,18-20,27-28,36H,3,6-8,11,15,17H2,1H3/t27-,28+/m1/s1. The highest BCUT2D eigenvalue weighted by molar-refractivity contribution is 6.30. The number of carbonyl (C=O) groups excluding carboxylic acids is 1. The molecule has 1 saturated heterocycles. The van der Waals surface area contributed by atoms with Crippen molar-refractivity contribution in [3.8, 4) is 5.75 Å². The number of benzene rings is 2. The molecule has 1 N–H and O–H groups in total. The first-order chi connectivity index (χ1) is 20.5. The summed E-state index contributed by atoms with van der Waals surface area (Å²) in [5, 5.41) is 5.32. The molecule has 2 aliphatic carbocycles. The smallest absolute Gasteiger partial charge is 0.227 e. The predicted molar refractivity (Wildman–Crippen MR) is 166 cm³/mol. The van der Waals surface area contributed by atoms with Crippen LogP contribution in [0.15, 0.2) is 67.0 Å². The number of pyridine rings is 2. The second kappa shape index (κ2) is 10.0. The predicted octanol–water partition coefficient (Wildman–Crippen LogP) is 7.43. The van der Waals surface area contributed by atoms with Gasteiger partial charge in [0.25, 0.3) is 0 Å². The van der Waals surface area contributed by atoms with E-state index in [1.54, 1.807) is 7.11 Å². The van der Waals surface area contributed by atoms with Crippen molar-refractivity contribution in [2.75, 3.05) is 23.9 Å². The topological polar surface area (TPSA) is 71.8 Å². The molecule has 2 atom stereocenters. The Labute approximate surface area is 249 Å². The maximum atomic E-state index is 12.6. The van der Waals surface area contributed by atoms with Crippen LogP contribution in [0.1, 0.15) is 72.4 Å². The number of imidazole rings is 1. The molecule has 2 aromatic carbocycles. The summed E-state index contributed by atoms with van der Waals surface area (Å²) in [5.41, 5.74) is 8.21. The number of fused-ring (bicyclic) bond motifs is 2. The highest BCUT2D eigenvalue weighted by Gasteiger charge is 2.41. The SMILES string of the molecule is COc1cc([C@H]2C[C@@H]2c2cccc(Cl)c2)nc2cc(NCc3cn4cc(C5CC5)cc(N5CCCC5=O)c4n3)ccc12. The van der Waals surface area contributed by atoms with Gasteiger partial charge in [-0.2, -0.15) is 0 Å². The number of nitrogens with one attached hydrogen (secondary N) is 1. The van der Waals surface area contributed by atoms with Crippen molar-refractivity contribution in [3.05, 3.63) is 94.5 Å². The number of halogens is 1. The molecular formula is C34H32ClN5O2. The van der Waals surface area contributed by atoms with Crippen LogP contribution in [0.2, 0.25) is 5.02 Å². The largest absolute Gasteiger partial charge is 0.496 e. The summed E-state index contributed by atoms with van der Waals surface area (Å²) in [7, 11) is 1.72. The van der Waals surface area contributed by atoms with Crippen LogP contribution in [0, 0.1) is 0 Å². The van der Waals surface area contributed by atoms with Gasteiger partial charge in [-0.1, -0.05) is 23.7 Å². The Balaban J connectivity index is 1.06. The molecule has 8 heteroatoms. The van der Waals surface area contributed by atoms with Gasteiger partial charge in [-0.25, -0.2) is 4.98 Å². The molecule has 3 fully saturated rings. The first-order valence-electron chi connectivity index (χ1n) is 14.8. The molecule has 0 radical (unpaired) electrons. The monoisotopic (exact) mass is 577 g/mol. The fraction of sp³-hybridized carbons (Fsp3) is 0.324. The molecule has 0 unspecified atom stereocenters. The number of nitrogens with zero attached hydrogens (tertiary/aromatic N) is 4. The molecule has 3 aromatic heterocycles. The van der Waals surface area contributed by atoms with Crippen LogP contribution >= 0.6 is 11.6 Å². The third-order valence-corrected chi connectivity index (χ3v) is 9.18. The van der Waals surface area contributed by atoms with E-state index >= 15 is 0 Å². The van der Waals surface area contributed by atoms with Crippen molar-refractivity contribution >= 4 is 45.4 Å². The lowest BCUT2D eigenvalue weighted by Crippen LogP contribution is -2.24. The van der Waals surface area contributed by atoms with E-state index in [4.69, 9.17) is 26.3 Å². The van der Waals surface area contributed by atoms with Crippen LogP contribution in [-0.4, -0.2) is 33.9 Å². The Morgan fingerprint density at radius 3 is 2.71 bits per heavy atom. The van der Waals surface area contributed by atoms with E-state index in [1.165, 1.54) is 24.0 Å². The van der Waals surface area contributed by atoms with Crippen LogP contribution < -0.4 is 15.0 Å². The van der Waals surface area contributed by atoms with Crippen molar-refractivity contribution < 1.29 is 9.53 Å². The van der Waals surface area contributed by atoms with Crippen LogP contribution in [-0.2, 0) is 11.3 Å². The van der Waals surface area contributed by atoms with Gasteiger partial charge in [0.1, 0.15) is 5.75 Å². The number of aromatic nitrogens is 3. The number of hydrogen-bond acceptors (Lipinski definition) is 5. The van der Waals surface area contributed by atoms with Crippen molar-refractivity contribution in [1.29, 1.82) is 0 Å². The minimum absolute atomic E-state index is 0.191. The van der Waals surface area contributed by atoms with Crippen molar-refractivity contribution in [1.82, 2.24) is 14.4 Å². The highest BCUT2D eigenvalue weighted by atomic mass is 35.5. The fourth-order valence-electron chi connectivity index (χ4n) is 6.48. The number of ether oxygens (including phenoxy) is 1. The molecule has 0 bridgehead atoms. The van der Waals surface area contributed by atoms with Crippen LogP contribution in [0.3, 0.4) is 0 Å². The third kappa shape index (κ3) is 4.66. The van der Waals surface area contributed by atoms with Gasteiger partial charge in [0.15, 0.2) is 5.65 Å². The van der Waals surface area contributed by atoms with E-state index in [1.807, 2.05) is 17.0 Å². The van der Waals surface area contributed by atoms with Crippen LogP contribution in [0.4, 0.5) is 11.4 Å². The van der Waals surface area contributed by atoms with Crippen molar-refractivity contribution in [3.63, 3.8) is 0 Å². The summed E-state index contributed by atoms with van der Waals surface area (Å²) in [6.45, 7) is 1.33. The maximum Gasteiger partial charge on any atom is 0.227 e. The lowest BCUT2D eigenvalue weighted by atomic mass is 10.1. The Morgan fingerprint density at radius 2 is 1.93 bits per heavy atom. The normalized spacial score (nSPS) is 20.0. The summed E-state index contributed by atoms with van der Waals surface area (Å²) in [6, 6.07) is 18.6. The van der Waals surface area contributed by atoms with E-state index in [0.29, 0.717) is 30.7 Å². The van der Waals surface area contributed by atoms with Crippen molar-refractivity contribution in [2.24, 2.45) is 0 Å². The summed E-state index contributed by atoms with van der Waals surface area (Å²) in [5.74, 6) is 2.41. The number of carbonyl (C=O) groups is 1. The molecular weight excluding hydrogens is 546 g/mol. The summed E-state index contributed by atoms with van der Waals surface area (Å²) < 4.78 is 7.89. The first-order valence-corrected chi connectivity index (χ1v) is 15.2. The minimum Gasteiger partial charge on any atom is -0.496 e. The van der Waals surface area contributed by atoms with E-state index in [0.717, 1.165) is 69.5 Å². The summed E-state index contributed by atoms with van der Waals surface area (Å²) in [4.78, 5) is 24.6. The zero-order valence-corrected chi connectivity index (χ0v) is 24.3. The number of methoxy groups -OCH3 is 1. The van der Waals surface area contributed by atoms with Crippen molar-refractivity contribution in [2.45, 2.75) is 56.4 Å². The second-order valence-electron chi connectivity index (χ2n) is 11.9. The van der Waals surface area contributed by atoms with Gasteiger partial charge in [0, 0.05) is 59.1 Å². The average molecular weight is 578 g/mol. The number of anilines is 2. The molecule has 8 rings (SSSR count). The number of hydrogen-bond donors (Lipinski definition) is 1. The zero-order valence-electron chi connectivity index (χ0n) is 23.5. The molecule has 3 aliphatic rings. The van der Waals surface area contributed by atoms with Gasteiger partial charge in [-0.05, 0) is 85.0 Å². The molecule has 0 spiro atoms. The van der Waals surface area contributed by atoms with Gasteiger partial charge in [0.05, 0.1) is 30.6 Å². The van der Waals surface area contributed by atoms with E-state index in [-0.39, 0.29) is 5.91 Å². The zero-order chi connectivity index (χ0) is 28.4. The molecule has 212 valence electrons. The van der Waals surface area contributed by atoms with Gasteiger partial charge in [-0.15, -0.1) is 0 Å². The first kappa shape index (κ1) is 25.6. The molecule has 7 nitrogen and oxygen atoms in total. The lowest BCUT2D eigenvalue weighted by Gasteiger charge is -2.17. The quantitative estimate of drug-likeness (QED) is 0.208. The highest BCUT2D eigenvalue weighted by Crippen LogP contribution is 2.55. The molecule has 1 aliphatic heterocycles. The van der Waals surface area contributed by atoms with E-state index < -0.39 is 0 Å². The maximum absolute atomic E-state index is 12.6.